The maximum Gasteiger partial charge on any atom is 0.317 e. The number of aromatic nitrogens is 2. The van der Waals surface area contributed by atoms with Crippen molar-refractivity contribution >= 4 is 22.6 Å². The van der Waals surface area contributed by atoms with Crippen LogP contribution in [0.15, 0.2) is 0 Å². The van der Waals surface area contributed by atoms with E-state index < -0.39 is 5.97 Å². The first-order chi connectivity index (χ1) is 9.60. The van der Waals surface area contributed by atoms with E-state index in [9.17, 15) is 4.79 Å². The minimum absolute atomic E-state index is 0.172. The number of anilines is 1. The lowest BCUT2D eigenvalue weighted by atomic mass is 9.85. The molecule has 1 heterocycles. The zero-order valence-electron chi connectivity index (χ0n) is 11.6. The number of hydrogen-bond acceptors (Lipinski definition) is 6. The molecule has 7 heteroatoms. The first-order valence-corrected chi connectivity index (χ1v) is 7.90. The van der Waals surface area contributed by atoms with E-state index in [2.05, 4.69) is 19.6 Å². The zero-order valence-corrected chi connectivity index (χ0v) is 12.4. The van der Waals surface area contributed by atoms with Gasteiger partial charge in [-0.1, -0.05) is 0 Å². The van der Waals surface area contributed by atoms with Crippen LogP contribution in [0.3, 0.4) is 0 Å². The maximum atomic E-state index is 11.0. The van der Waals surface area contributed by atoms with Gasteiger partial charge in [-0.05, 0) is 38.5 Å². The smallest absolute Gasteiger partial charge is 0.317 e. The lowest BCUT2D eigenvalue weighted by Crippen LogP contribution is -2.52. The van der Waals surface area contributed by atoms with Crippen molar-refractivity contribution in [3.8, 4) is 0 Å². The van der Waals surface area contributed by atoms with Gasteiger partial charge in [-0.2, -0.15) is 4.37 Å². The summed E-state index contributed by atoms with van der Waals surface area (Å²) in [7, 11) is 0. The summed E-state index contributed by atoms with van der Waals surface area (Å²) in [6.07, 6.45) is 4.51. The molecule has 0 saturated heterocycles. The van der Waals surface area contributed by atoms with E-state index in [0.29, 0.717) is 12.1 Å². The highest BCUT2D eigenvalue weighted by Crippen LogP contribution is 2.34. The molecule has 0 aromatic carbocycles. The van der Waals surface area contributed by atoms with Crippen molar-refractivity contribution in [2.45, 2.75) is 44.7 Å². The van der Waals surface area contributed by atoms with E-state index in [-0.39, 0.29) is 6.54 Å². The molecule has 0 spiro atoms. The predicted octanol–water partition coefficient (Wildman–Crippen LogP) is 1.59. The Bertz CT molecular complexity index is 482. The van der Waals surface area contributed by atoms with Gasteiger partial charge < -0.3 is 10.4 Å². The van der Waals surface area contributed by atoms with Crippen molar-refractivity contribution in [1.29, 1.82) is 0 Å². The van der Waals surface area contributed by atoms with Crippen molar-refractivity contribution in [2.24, 2.45) is 5.92 Å². The third-order valence-corrected chi connectivity index (χ3v) is 4.75. The molecule has 0 unspecified atom stereocenters. The Morgan fingerprint density at radius 3 is 2.80 bits per heavy atom. The molecule has 2 aliphatic carbocycles. The Kier molecular flexibility index (Phi) is 3.89. The number of aliphatic carboxylic acids is 1. The van der Waals surface area contributed by atoms with Crippen LogP contribution in [-0.4, -0.2) is 50.5 Å². The largest absolute Gasteiger partial charge is 0.480 e. The highest BCUT2D eigenvalue weighted by molar-refractivity contribution is 7.09. The number of nitrogens with zero attached hydrogens (tertiary/aromatic N) is 3. The van der Waals surface area contributed by atoms with E-state index in [4.69, 9.17) is 5.11 Å². The molecule has 0 bridgehead atoms. The molecule has 0 amide bonds. The molecule has 3 rings (SSSR count). The first kappa shape index (κ1) is 13.8. The predicted molar refractivity (Wildman–Crippen MR) is 77.0 cm³/mol. The number of nitrogens with one attached hydrogen (secondary N) is 1. The van der Waals surface area contributed by atoms with E-state index in [1.54, 1.807) is 0 Å². The van der Waals surface area contributed by atoms with Gasteiger partial charge in [0.15, 0.2) is 0 Å². The molecule has 110 valence electrons. The molecule has 2 saturated carbocycles. The van der Waals surface area contributed by atoms with Gasteiger partial charge in [0.05, 0.1) is 6.54 Å². The fourth-order valence-electron chi connectivity index (χ4n) is 2.68. The van der Waals surface area contributed by atoms with E-state index >= 15 is 0 Å². The summed E-state index contributed by atoms with van der Waals surface area (Å²) < 4.78 is 4.15. The van der Waals surface area contributed by atoms with Gasteiger partial charge >= 0.3 is 5.97 Å². The molecule has 2 aliphatic rings. The molecule has 1 aromatic rings. The second-order valence-corrected chi connectivity index (χ2v) is 6.63. The maximum absolute atomic E-state index is 11.0. The van der Waals surface area contributed by atoms with Gasteiger partial charge in [0.25, 0.3) is 0 Å². The SMILES string of the molecule is Cc1nsc(NC2CC(N(CC(=O)O)CC3CC3)C2)n1. The molecule has 0 radical (unpaired) electrons. The fraction of sp³-hybridized carbons (Fsp3) is 0.769. The number of rotatable bonds is 7. The Morgan fingerprint density at radius 1 is 1.50 bits per heavy atom. The summed E-state index contributed by atoms with van der Waals surface area (Å²) in [5.74, 6) is 0.809. The summed E-state index contributed by atoms with van der Waals surface area (Å²) in [5.41, 5.74) is 0. The van der Waals surface area contributed by atoms with Crippen molar-refractivity contribution in [2.75, 3.05) is 18.4 Å². The molecule has 0 atom stereocenters. The Hall–Kier alpha value is -1.21. The van der Waals surface area contributed by atoms with Crippen LogP contribution in [0.25, 0.3) is 0 Å². The van der Waals surface area contributed by atoms with Gasteiger partial charge in [-0.15, -0.1) is 0 Å². The first-order valence-electron chi connectivity index (χ1n) is 7.13. The van der Waals surface area contributed by atoms with Crippen molar-refractivity contribution in [3.63, 3.8) is 0 Å². The monoisotopic (exact) mass is 296 g/mol. The third kappa shape index (κ3) is 3.46. The highest BCUT2D eigenvalue weighted by atomic mass is 32.1. The highest BCUT2D eigenvalue weighted by Gasteiger charge is 2.37. The van der Waals surface area contributed by atoms with E-state index in [0.717, 1.165) is 36.3 Å². The van der Waals surface area contributed by atoms with E-state index in [1.165, 1.54) is 24.4 Å². The average Bonchev–Trinajstić information content (AvgIpc) is 3.03. The summed E-state index contributed by atoms with van der Waals surface area (Å²) >= 11 is 1.39. The molecule has 1 aromatic heterocycles. The zero-order chi connectivity index (χ0) is 14.1. The van der Waals surface area contributed by atoms with Crippen LogP contribution in [0.5, 0.6) is 0 Å². The number of carboxylic acids is 1. The quantitative estimate of drug-likeness (QED) is 0.795. The van der Waals surface area contributed by atoms with Crippen LogP contribution >= 0.6 is 11.5 Å². The van der Waals surface area contributed by atoms with E-state index in [1.807, 2.05) is 6.92 Å². The second kappa shape index (κ2) is 5.65. The molecular formula is C13H20N4O2S. The van der Waals surface area contributed by atoms with Crippen LogP contribution in [0.1, 0.15) is 31.5 Å². The lowest BCUT2D eigenvalue weighted by Gasteiger charge is -2.42. The molecule has 0 aliphatic heterocycles. The summed E-state index contributed by atoms with van der Waals surface area (Å²) in [5, 5.41) is 13.3. The van der Waals surface area contributed by atoms with Gasteiger partial charge in [0, 0.05) is 30.2 Å². The molecule has 20 heavy (non-hydrogen) atoms. The number of hydrogen-bond donors (Lipinski definition) is 2. The van der Waals surface area contributed by atoms with Crippen LogP contribution in [-0.2, 0) is 4.79 Å². The Balaban J connectivity index is 1.47. The van der Waals surface area contributed by atoms with Crippen LogP contribution in [0, 0.1) is 12.8 Å². The van der Waals surface area contributed by atoms with Crippen molar-refractivity contribution in [3.05, 3.63) is 5.82 Å². The number of carboxylic acid groups (broad SMARTS) is 1. The fourth-order valence-corrected chi connectivity index (χ4v) is 3.33. The minimum atomic E-state index is -0.721. The van der Waals surface area contributed by atoms with Gasteiger partial charge in [0.2, 0.25) is 5.13 Å². The van der Waals surface area contributed by atoms with Crippen molar-refractivity contribution in [1.82, 2.24) is 14.3 Å². The molecular weight excluding hydrogens is 276 g/mol. The second-order valence-electron chi connectivity index (χ2n) is 5.88. The number of aryl methyl sites for hydroxylation is 1. The van der Waals surface area contributed by atoms with Gasteiger partial charge in [-0.25, -0.2) is 4.98 Å². The summed E-state index contributed by atoms with van der Waals surface area (Å²) in [6.45, 7) is 3.00. The topological polar surface area (TPSA) is 78.4 Å². The van der Waals surface area contributed by atoms with Crippen LogP contribution < -0.4 is 5.32 Å². The molecule has 6 nitrogen and oxygen atoms in total. The third-order valence-electron chi connectivity index (χ3n) is 4.01. The summed E-state index contributed by atoms with van der Waals surface area (Å²) in [4.78, 5) is 17.4. The van der Waals surface area contributed by atoms with Crippen LogP contribution in [0.2, 0.25) is 0 Å². The number of carbonyl (C=O) groups is 1. The lowest BCUT2D eigenvalue weighted by molar-refractivity contribution is -0.139. The van der Waals surface area contributed by atoms with Crippen molar-refractivity contribution < 1.29 is 9.90 Å². The summed E-state index contributed by atoms with van der Waals surface area (Å²) in [6, 6.07) is 0.807. The molecule has 2 N–H and O–H groups in total. The average molecular weight is 296 g/mol. The molecule has 2 fully saturated rings. The van der Waals surface area contributed by atoms with Crippen LogP contribution in [0.4, 0.5) is 5.13 Å². The standard InChI is InChI=1S/C13H20N4O2S/c1-8-14-13(20-16-8)15-10-4-11(5-10)17(7-12(18)19)6-9-2-3-9/h9-11H,2-7H2,1H3,(H,18,19)(H,14,15,16). The van der Waals surface area contributed by atoms with Gasteiger partial charge in [-0.3, -0.25) is 9.69 Å². The van der Waals surface area contributed by atoms with Gasteiger partial charge in [0.1, 0.15) is 5.82 Å². The minimum Gasteiger partial charge on any atom is -0.480 e. The normalized spacial score (nSPS) is 25.5. The Morgan fingerprint density at radius 2 is 2.25 bits per heavy atom. The Labute approximate surface area is 122 Å².